The summed E-state index contributed by atoms with van der Waals surface area (Å²) in [6, 6.07) is 7.21. The van der Waals surface area contributed by atoms with Crippen LogP contribution in [0.25, 0.3) is 16.7 Å². The quantitative estimate of drug-likeness (QED) is 0.578. The number of nitrogens with zero attached hydrogens (tertiary/aromatic N) is 5. The number of hydrogen-bond donors (Lipinski definition) is 1. The van der Waals surface area contributed by atoms with Crippen LogP contribution in [0.3, 0.4) is 0 Å². The number of carbonyl (C=O) groups excluding carboxylic acids is 1. The SMILES string of the molecule is CN(C(=O)OC(C)(C)C)C1CN(c2ccnc3c2c(CN)nn3-c2ccc(OC(F)(F)F)cc2)C1. The smallest absolute Gasteiger partial charge is 0.444 e. The number of anilines is 1. The molecule has 1 aliphatic heterocycles. The fraction of sp³-hybridized carbons (Fsp3) is 0.435. The molecule has 35 heavy (non-hydrogen) atoms. The van der Waals surface area contributed by atoms with Crippen LogP contribution in [0.1, 0.15) is 26.5 Å². The minimum Gasteiger partial charge on any atom is -0.444 e. The highest BCUT2D eigenvalue weighted by Crippen LogP contribution is 2.34. The number of alkyl halides is 3. The van der Waals surface area contributed by atoms with Gasteiger partial charge in [-0.3, -0.25) is 0 Å². The van der Waals surface area contributed by atoms with Crippen molar-refractivity contribution in [3.05, 3.63) is 42.2 Å². The van der Waals surface area contributed by atoms with E-state index in [9.17, 15) is 18.0 Å². The molecule has 188 valence electrons. The summed E-state index contributed by atoms with van der Waals surface area (Å²) in [6.45, 7) is 6.79. The van der Waals surface area contributed by atoms with Crippen LogP contribution in [0.5, 0.6) is 5.75 Å². The van der Waals surface area contributed by atoms with Crippen LogP contribution in [0, 0.1) is 0 Å². The van der Waals surface area contributed by atoms with E-state index in [-0.39, 0.29) is 24.4 Å². The molecule has 3 aromatic rings. The van der Waals surface area contributed by atoms with Crippen LogP contribution in [-0.4, -0.2) is 63.9 Å². The lowest BCUT2D eigenvalue weighted by atomic mass is 10.0. The predicted octanol–water partition coefficient (Wildman–Crippen LogP) is 3.83. The van der Waals surface area contributed by atoms with Crippen molar-refractivity contribution in [2.24, 2.45) is 5.73 Å². The van der Waals surface area contributed by atoms with Gasteiger partial charge in [0.25, 0.3) is 0 Å². The van der Waals surface area contributed by atoms with Gasteiger partial charge in [0.1, 0.15) is 11.4 Å². The topological polar surface area (TPSA) is 98.7 Å². The van der Waals surface area contributed by atoms with Gasteiger partial charge in [0, 0.05) is 32.9 Å². The van der Waals surface area contributed by atoms with Crippen molar-refractivity contribution < 1.29 is 27.4 Å². The van der Waals surface area contributed by atoms with Crippen LogP contribution in [0.15, 0.2) is 36.5 Å². The van der Waals surface area contributed by atoms with Gasteiger partial charge >= 0.3 is 12.5 Å². The van der Waals surface area contributed by atoms with Gasteiger partial charge in [0.15, 0.2) is 5.65 Å². The summed E-state index contributed by atoms with van der Waals surface area (Å²) >= 11 is 0. The number of ether oxygens (including phenoxy) is 2. The summed E-state index contributed by atoms with van der Waals surface area (Å²) in [7, 11) is 1.72. The summed E-state index contributed by atoms with van der Waals surface area (Å²) < 4.78 is 48.4. The molecule has 9 nitrogen and oxygen atoms in total. The van der Waals surface area contributed by atoms with E-state index in [1.807, 2.05) is 26.8 Å². The largest absolute Gasteiger partial charge is 0.573 e. The second-order valence-electron chi connectivity index (χ2n) is 9.28. The van der Waals surface area contributed by atoms with Crippen LogP contribution in [0.2, 0.25) is 0 Å². The third-order valence-electron chi connectivity index (χ3n) is 5.56. The molecule has 0 unspecified atom stereocenters. The zero-order valence-corrected chi connectivity index (χ0v) is 19.8. The fourth-order valence-electron chi connectivity index (χ4n) is 3.85. The van der Waals surface area contributed by atoms with Crippen molar-refractivity contribution in [3.63, 3.8) is 0 Å². The first-order valence-corrected chi connectivity index (χ1v) is 11.0. The zero-order chi connectivity index (χ0) is 25.5. The Labute approximate surface area is 200 Å². The highest BCUT2D eigenvalue weighted by Gasteiger charge is 2.36. The molecule has 0 spiro atoms. The molecule has 1 amide bonds. The molecule has 0 aliphatic carbocycles. The first-order chi connectivity index (χ1) is 16.4. The van der Waals surface area contributed by atoms with Crippen LogP contribution >= 0.6 is 0 Å². The molecule has 4 rings (SSSR count). The monoisotopic (exact) mass is 492 g/mol. The van der Waals surface area contributed by atoms with Crippen LogP contribution in [-0.2, 0) is 11.3 Å². The van der Waals surface area contributed by atoms with Gasteiger partial charge in [-0.15, -0.1) is 13.2 Å². The number of benzene rings is 1. The van der Waals surface area contributed by atoms with Crippen molar-refractivity contribution in [2.45, 2.75) is 45.3 Å². The van der Waals surface area contributed by atoms with Crippen molar-refractivity contribution in [1.82, 2.24) is 19.7 Å². The Hall–Kier alpha value is -3.54. The number of likely N-dealkylation sites (N-methyl/N-ethyl adjacent to an activating group) is 1. The summed E-state index contributed by atoms with van der Waals surface area (Å²) in [5.74, 6) is -0.328. The third-order valence-corrected chi connectivity index (χ3v) is 5.56. The van der Waals surface area contributed by atoms with Crippen molar-refractivity contribution in [2.75, 3.05) is 25.0 Å². The second kappa shape index (κ2) is 8.91. The number of amides is 1. The molecule has 1 saturated heterocycles. The summed E-state index contributed by atoms with van der Waals surface area (Å²) in [5, 5.41) is 5.32. The third kappa shape index (κ3) is 5.26. The van der Waals surface area contributed by atoms with Gasteiger partial charge in [-0.25, -0.2) is 14.5 Å². The van der Waals surface area contributed by atoms with E-state index in [0.717, 1.165) is 11.1 Å². The Balaban J connectivity index is 1.58. The molecular formula is C23H27F3N6O3. The first-order valence-electron chi connectivity index (χ1n) is 11.0. The van der Waals surface area contributed by atoms with Gasteiger partial charge in [-0.1, -0.05) is 0 Å². The van der Waals surface area contributed by atoms with E-state index in [1.54, 1.807) is 22.8 Å². The number of nitrogens with two attached hydrogens (primary N) is 1. The average Bonchev–Trinajstić information content (AvgIpc) is 3.10. The lowest BCUT2D eigenvalue weighted by Gasteiger charge is -2.45. The van der Waals surface area contributed by atoms with Gasteiger partial charge in [-0.05, 0) is 51.1 Å². The molecular weight excluding hydrogens is 465 g/mol. The number of halogens is 3. The van der Waals surface area contributed by atoms with E-state index < -0.39 is 12.0 Å². The molecule has 12 heteroatoms. The highest BCUT2D eigenvalue weighted by molar-refractivity contribution is 5.93. The number of rotatable bonds is 5. The Morgan fingerprint density at radius 3 is 2.40 bits per heavy atom. The highest BCUT2D eigenvalue weighted by atomic mass is 19.4. The second-order valence-corrected chi connectivity index (χ2v) is 9.28. The molecule has 1 fully saturated rings. The minimum absolute atomic E-state index is 0.0226. The van der Waals surface area contributed by atoms with Crippen LogP contribution < -0.4 is 15.4 Å². The summed E-state index contributed by atoms with van der Waals surface area (Å²) in [6.07, 6.45) is -3.51. The maximum absolute atomic E-state index is 12.5. The summed E-state index contributed by atoms with van der Waals surface area (Å²) in [4.78, 5) is 20.5. The Morgan fingerprint density at radius 1 is 1.17 bits per heavy atom. The number of carbonyl (C=O) groups is 1. The zero-order valence-electron chi connectivity index (χ0n) is 19.8. The number of hydrogen-bond acceptors (Lipinski definition) is 7. The lowest BCUT2D eigenvalue weighted by Crippen LogP contribution is -2.60. The first kappa shape index (κ1) is 24.6. The van der Waals surface area contributed by atoms with E-state index in [1.165, 1.54) is 24.3 Å². The Bertz CT molecular complexity index is 1210. The van der Waals surface area contributed by atoms with Crippen molar-refractivity contribution >= 4 is 22.8 Å². The van der Waals surface area contributed by atoms with Gasteiger partial charge < -0.3 is 25.0 Å². The fourth-order valence-corrected chi connectivity index (χ4v) is 3.85. The predicted molar refractivity (Wildman–Crippen MR) is 123 cm³/mol. The summed E-state index contributed by atoms with van der Waals surface area (Å²) in [5.41, 5.74) is 7.90. The number of pyridine rings is 1. The van der Waals surface area contributed by atoms with E-state index in [2.05, 4.69) is 19.7 Å². The Morgan fingerprint density at radius 2 is 1.83 bits per heavy atom. The maximum Gasteiger partial charge on any atom is 0.573 e. The molecule has 0 radical (unpaired) electrons. The average molecular weight is 493 g/mol. The molecule has 0 atom stereocenters. The van der Waals surface area contributed by atoms with Gasteiger partial charge in [0.2, 0.25) is 0 Å². The van der Waals surface area contributed by atoms with Gasteiger partial charge in [0.05, 0.1) is 28.5 Å². The lowest BCUT2D eigenvalue weighted by molar-refractivity contribution is -0.274. The molecule has 1 aliphatic rings. The molecule has 0 bridgehead atoms. The molecule has 3 heterocycles. The van der Waals surface area contributed by atoms with Crippen LogP contribution in [0.4, 0.5) is 23.7 Å². The van der Waals surface area contributed by atoms with E-state index in [4.69, 9.17) is 10.5 Å². The molecule has 1 aromatic carbocycles. The normalized spacial score (nSPS) is 14.7. The molecule has 2 aromatic heterocycles. The number of fused-ring (bicyclic) bond motifs is 1. The van der Waals surface area contributed by atoms with E-state index >= 15 is 0 Å². The van der Waals surface area contributed by atoms with E-state index in [0.29, 0.717) is 30.1 Å². The van der Waals surface area contributed by atoms with Crippen molar-refractivity contribution in [3.8, 4) is 11.4 Å². The molecule has 2 N–H and O–H groups in total. The standard InChI is InChI=1S/C23H27F3N6O3/c1-22(2,3)35-21(33)30(4)15-12-31(13-15)18-9-10-28-20-19(18)17(11-27)29-32(20)14-5-7-16(8-6-14)34-23(24,25)26/h5-10,15H,11-13,27H2,1-4H3. The molecule has 0 saturated carbocycles. The van der Waals surface area contributed by atoms with Gasteiger partial charge in [-0.2, -0.15) is 5.10 Å². The minimum atomic E-state index is -4.77. The Kier molecular flexibility index (Phi) is 6.26. The number of aromatic nitrogens is 3. The van der Waals surface area contributed by atoms with Crippen molar-refractivity contribution in [1.29, 1.82) is 0 Å². The maximum atomic E-state index is 12.5.